The van der Waals surface area contributed by atoms with E-state index in [1.54, 1.807) is 7.05 Å². The number of aromatic nitrogens is 4. The summed E-state index contributed by atoms with van der Waals surface area (Å²) in [6.07, 6.45) is 2.01. The first-order chi connectivity index (χ1) is 10.5. The van der Waals surface area contributed by atoms with Gasteiger partial charge in [0.2, 0.25) is 5.95 Å². The normalized spacial score (nSPS) is 19.1. The van der Waals surface area contributed by atoms with Crippen LogP contribution in [0.15, 0.2) is 9.59 Å². The highest BCUT2D eigenvalue weighted by molar-refractivity contribution is 5.74. The molecule has 0 bridgehead atoms. The molecule has 120 valence electrons. The van der Waals surface area contributed by atoms with Gasteiger partial charge in [-0.25, -0.2) is 4.79 Å². The van der Waals surface area contributed by atoms with E-state index in [4.69, 9.17) is 5.73 Å². The summed E-state index contributed by atoms with van der Waals surface area (Å²) in [5.74, 6) is 0.728. The van der Waals surface area contributed by atoms with Crippen LogP contribution in [0.3, 0.4) is 0 Å². The molecule has 3 rings (SSSR count). The lowest BCUT2D eigenvalue weighted by Gasteiger charge is -2.31. The van der Waals surface area contributed by atoms with Crippen LogP contribution in [0, 0.1) is 0 Å². The van der Waals surface area contributed by atoms with Crippen LogP contribution in [0.4, 0.5) is 5.95 Å². The summed E-state index contributed by atoms with van der Waals surface area (Å²) in [5, 5.41) is 0. The predicted octanol–water partition coefficient (Wildman–Crippen LogP) is -0.619. The van der Waals surface area contributed by atoms with Crippen molar-refractivity contribution in [3.63, 3.8) is 0 Å². The lowest BCUT2D eigenvalue weighted by Crippen LogP contribution is -2.44. The molecule has 1 unspecified atom stereocenters. The molecule has 22 heavy (non-hydrogen) atoms. The Bertz CT molecular complexity index is 830. The van der Waals surface area contributed by atoms with Crippen LogP contribution in [0.2, 0.25) is 0 Å². The van der Waals surface area contributed by atoms with Gasteiger partial charge in [-0.2, -0.15) is 4.98 Å². The van der Waals surface area contributed by atoms with E-state index >= 15 is 0 Å². The highest BCUT2D eigenvalue weighted by atomic mass is 16.2. The maximum atomic E-state index is 12.5. The van der Waals surface area contributed by atoms with Crippen molar-refractivity contribution in [3.05, 3.63) is 20.8 Å². The van der Waals surface area contributed by atoms with Crippen molar-refractivity contribution in [1.29, 1.82) is 0 Å². The van der Waals surface area contributed by atoms with Gasteiger partial charge in [0.05, 0.1) is 0 Å². The van der Waals surface area contributed by atoms with E-state index in [0.29, 0.717) is 17.7 Å². The van der Waals surface area contributed by atoms with Crippen molar-refractivity contribution in [2.75, 3.05) is 18.0 Å². The van der Waals surface area contributed by atoms with Crippen molar-refractivity contribution in [2.45, 2.75) is 32.4 Å². The monoisotopic (exact) mass is 306 g/mol. The van der Waals surface area contributed by atoms with E-state index in [2.05, 4.69) is 9.88 Å². The molecule has 8 heteroatoms. The average molecular weight is 306 g/mol. The van der Waals surface area contributed by atoms with Crippen LogP contribution in [0.25, 0.3) is 11.2 Å². The lowest BCUT2D eigenvalue weighted by atomic mass is 10.1. The number of aryl methyl sites for hydroxylation is 2. The molecule has 3 heterocycles. The zero-order valence-electron chi connectivity index (χ0n) is 13.2. The van der Waals surface area contributed by atoms with Gasteiger partial charge in [0.15, 0.2) is 11.2 Å². The number of nitrogens with two attached hydrogens (primary N) is 1. The van der Waals surface area contributed by atoms with Crippen molar-refractivity contribution in [1.82, 2.24) is 18.7 Å². The van der Waals surface area contributed by atoms with E-state index in [9.17, 15) is 9.59 Å². The Morgan fingerprint density at radius 1 is 1.27 bits per heavy atom. The summed E-state index contributed by atoms with van der Waals surface area (Å²) in [5.41, 5.74) is 6.30. The second kappa shape index (κ2) is 5.28. The fraction of sp³-hybridized carbons (Fsp3) is 0.643. The molecule has 1 fully saturated rings. The molecular formula is C14H22N6O2. The molecule has 1 aliphatic rings. The number of nitrogens with zero attached hydrogens (tertiary/aromatic N) is 5. The molecule has 2 N–H and O–H groups in total. The fourth-order valence-electron chi connectivity index (χ4n) is 3.17. The summed E-state index contributed by atoms with van der Waals surface area (Å²) >= 11 is 0. The van der Waals surface area contributed by atoms with Gasteiger partial charge in [-0.15, -0.1) is 0 Å². The Hall–Kier alpha value is -2.09. The van der Waals surface area contributed by atoms with Crippen molar-refractivity contribution < 1.29 is 0 Å². The third-order valence-electron chi connectivity index (χ3n) is 4.38. The Balaban J connectivity index is 2.29. The first-order valence-electron chi connectivity index (χ1n) is 7.62. The molecule has 0 saturated carbocycles. The third-order valence-corrected chi connectivity index (χ3v) is 4.38. The van der Waals surface area contributed by atoms with Gasteiger partial charge >= 0.3 is 5.69 Å². The number of imidazole rings is 1. The summed E-state index contributed by atoms with van der Waals surface area (Å²) in [4.78, 5) is 31.3. The molecule has 1 saturated heterocycles. The molecule has 1 aliphatic heterocycles. The minimum atomic E-state index is -0.361. The first-order valence-corrected chi connectivity index (χ1v) is 7.62. The van der Waals surface area contributed by atoms with Crippen LogP contribution >= 0.6 is 0 Å². The Kier molecular flexibility index (Phi) is 3.56. The maximum Gasteiger partial charge on any atom is 0.332 e. The third kappa shape index (κ3) is 2.06. The molecule has 0 aliphatic carbocycles. The second-order valence-electron chi connectivity index (χ2n) is 5.88. The molecular weight excluding hydrogens is 284 g/mol. The minimum Gasteiger partial charge on any atom is -0.341 e. The van der Waals surface area contributed by atoms with Crippen molar-refractivity contribution in [2.24, 2.45) is 19.8 Å². The van der Waals surface area contributed by atoms with Crippen molar-refractivity contribution in [3.8, 4) is 0 Å². The van der Waals surface area contributed by atoms with E-state index in [1.165, 1.54) is 11.6 Å². The number of piperidine rings is 1. The van der Waals surface area contributed by atoms with Gasteiger partial charge in [-0.1, -0.05) is 0 Å². The first kappa shape index (κ1) is 14.8. The smallest absolute Gasteiger partial charge is 0.332 e. The Morgan fingerprint density at radius 3 is 2.64 bits per heavy atom. The topological polar surface area (TPSA) is 91.1 Å². The number of hydrogen-bond acceptors (Lipinski definition) is 5. The molecule has 0 spiro atoms. The van der Waals surface area contributed by atoms with Gasteiger partial charge < -0.3 is 15.2 Å². The number of fused-ring (bicyclic) bond motifs is 1. The van der Waals surface area contributed by atoms with Gasteiger partial charge in [0, 0.05) is 39.8 Å². The van der Waals surface area contributed by atoms with E-state index < -0.39 is 0 Å². The maximum absolute atomic E-state index is 12.5. The van der Waals surface area contributed by atoms with Gasteiger partial charge in [0.1, 0.15) is 0 Å². The number of hydrogen-bond donors (Lipinski definition) is 1. The zero-order valence-corrected chi connectivity index (χ0v) is 13.2. The van der Waals surface area contributed by atoms with Gasteiger partial charge in [-0.3, -0.25) is 13.9 Å². The predicted molar refractivity (Wildman–Crippen MR) is 85.3 cm³/mol. The van der Waals surface area contributed by atoms with E-state index in [1.807, 2.05) is 11.5 Å². The molecule has 0 radical (unpaired) electrons. The SMILES string of the molecule is CCn1c(N2CCCC(N)C2)nc2c1c(=O)n(C)c(=O)n2C. The molecule has 8 nitrogen and oxygen atoms in total. The van der Waals surface area contributed by atoms with Gasteiger partial charge in [0.25, 0.3) is 5.56 Å². The summed E-state index contributed by atoms with van der Waals surface area (Å²) < 4.78 is 4.44. The summed E-state index contributed by atoms with van der Waals surface area (Å²) in [6.45, 7) is 4.17. The molecule has 1 atom stereocenters. The van der Waals surface area contributed by atoms with Crippen LogP contribution in [-0.2, 0) is 20.6 Å². The standard InChI is InChI=1S/C14H22N6O2/c1-4-20-10-11(17(2)14(22)18(3)12(10)21)16-13(20)19-7-5-6-9(15)8-19/h9H,4-8,15H2,1-3H3. The summed E-state index contributed by atoms with van der Waals surface area (Å²) in [7, 11) is 3.14. The highest BCUT2D eigenvalue weighted by Crippen LogP contribution is 2.22. The number of anilines is 1. The largest absolute Gasteiger partial charge is 0.341 e. The molecule has 0 amide bonds. The molecule has 2 aromatic rings. The Labute approximate surface area is 127 Å². The van der Waals surface area contributed by atoms with Crippen LogP contribution in [0.1, 0.15) is 19.8 Å². The van der Waals surface area contributed by atoms with Gasteiger partial charge in [-0.05, 0) is 19.8 Å². The minimum absolute atomic E-state index is 0.116. The lowest BCUT2D eigenvalue weighted by molar-refractivity contribution is 0.494. The van der Waals surface area contributed by atoms with Crippen LogP contribution < -0.4 is 21.9 Å². The Morgan fingerprint density at radius 2 is 2.00 bits per heavy atom. The molecule has 2 aromatic heterocycles. The molecule has 0 aromatic carbocycles. The quantitative estimate of drug-likeness (QED) is 0.798. The fourth-order valence-corrected chi connectivity index (χ4v) is 3.17. The van der Waals surface area contributed by atoms with Crippen LogP contribution in [-0.4, -0.2) is 37.8 Å². The summed E-state index contributed by atoms with van der Waals surface area (Å²) in [6, 6.07) is 0.116. The highest BCUT2D eigenvalue weighted by Gasteiger charge is 2.25. The van der Waals surface area contributed by atoms with E-state index in [0.717, 1.165) is 36.4 Å². The average Bonchev–Trinajstić information content (AvgIpc) is 2.90. The number of rotatable bonds is 2. The van der Waals surface area contributed by atoms with Crippen LogP contribution in [0.5, 0.6) is 0 Å². The zero-order chi connectivity index (χ0) is 16.0. The second-order valence-corrected chi connectivity index (χ2v) is 5.88. The van der Waals surface area contributed by atoms with E-state index in [-0.39, 0.29) is 17.3 Å². The van der Waals surface area contributed by atoms with Crippen molar-refractivity contribution >= 4 is 17.1 Å².